The van der Waals surface area contributed by atoms with Gasteiger partial charge in [0.2, 0.25) is 5.91 Å². The van der Waals surface area contributed by atoms with Crippen LogP contribution < -0.4 is 16.0 Å². The number of nitrogens with one attached hydrogen (secondary N) is 3. The molecule has 0 aromatic heterocycles. The Morgan fingerprint density at radius 2 is 1.17 bits per heavy atom. The number of hydrogen-bond acceptors (Lipinski definition) is 3. The maximum Gasteiger partial charge on any atom is 0.313 e. The lowest BCUT2D eigenvalue weighted by atomic mass is 10.3. The van der Waals surface area contributed by atoms with Gasteiger partial charge in [0.25, 0.3) is 0 Å². The Morgan fingerprint density at radius 1 is 0.708 bits per heavy atom. The first-order valence-corrected chi connectivity index (χ1v) is 8.43. The molecule has 6 nitrogen and oxygen atoms in total. The van der Waals surface area contributed by atoms with Crippen LogP contribution in [0.25, 0.3) is 0 Å². The lowest BCUT2D eigenvalue weighted by Crippen LogP contribution is -2.39. The highest BCUT2D eigenvalue weighted by Crippen LogP contribution is 2.14. The number of benzene rings is 2. The fourth-order valence-corrected chi connectivity index (χ4v) is 2.23. The predicted octanol–water partition coefficient (Wildman–Crippen LogP) is 2.91. The fourth-order valence-electron chi connectivity index (χ4n) is 1.70. The summed E-state index contributed by atoms with van der Waals surface area (Å²) in [6, 6.07) is 13.7. The Labute approximate surface area is 155 Å². The number of carbonyl (C=O) groups excluding carboxylic acids is 3. The second-order valence-corrected chi connectivity index (χ2v) is 6.53. The zero-order chi connectivity index (χ0) is 17.5. The summed E-state index contributed by atoms with van der Waals surface area (Å²) in [6.45, 7) is -0.303. The molecule has 0 saturated carbocycles. The van der Waals surface area contributed by atoms with Gasteiger partial charge in [-0.3, -0.25) is 14.4 Å². The van der Waals surface area contributed by atoms with Crippen LogP contribution in [0.4, 0.5) is 11.4 Å². The number of amides is 3. The van der Waals surface area contributed by atoms with Gasteiger partial charge < -0.3 is 16.0 Å². The fraction of sp³-hybridized carbons (Fsp3) is 0.0625. The molecule has 0 bridgehead atoms. The molecule has 0 atom stereocenters. The molecule has 24 heavy (non-hydrogen) atoms. The third-order valence-corrected chi connectivity index (χ3v) is 3.90. The van der Waals surface area contributed by atoms with Crippen LogP contribution in [0.2, 0.25) is 0 Å². The molecule has 8 heteroatoms. The summed E-state index contributed by atoms with van der Waals surface area (Å²) < 4.78 is 1.74. The number of rotatable bonds is 4. The van der Waals surface area contributed by atoms with E-state index in [0.29, 0.717) is 11.4 Å². The molecule has 0 saturated heterocycles. The first kappa shape index (κ1) is 18.2. The second kappa shape index (κ2) is 8.60. The van der Waals surface area contributed by atoms with Crippen molar-refractivity contribution in [2.45, 2.75) is 0 Å². The van der Waals surface area contributed by atoms with Crippen molar-refractivity contribution in [2.75, 3.05) is 17.2 Å². The van der Waals surface area contributed by atoms with Gasteiger partial charge in [0.15, 0.2) is 0 Å². The van der Waals surface area contributed by atoms with Gasteiger partial charge in [0, 0.05) is 20.3 Å². The molecular formula is C16H13Br2N3O3. The monoisotopic (exact) mass is 453 g/mol. The van der Waals surface area contributed by atoms with Crippen LogP contribution in [0.5, 0.6) is 0 Å². The molecule has 0 radical (unpaired) electrons. The van der Waals surface area contributed by atoms with E-state index in [1.54, 1.807) is 48.5 Å². The summed E-state index contributed by atoms with van der Waals surface area (Å²) in [6.07, 6.45) is 0. The average molecular weight is 455 g/mol. The number of hydrogen-bond donors (Lipinski definition) is 3. The van der Waals surface area contributed by atoms with E-state index >= 15 is 0 Å². The molecule has 0 heterocycles. The zero-order valence-electron chi connectivity index (χ0n) is 12.3. The van der Waals surface area contributed by atoms with Gasteiger partial charge in [0.1, 0.15) is 0 Å². The molecule has 0 aliphatic carbocycles. The zero-order valence-corrected chi connectivity index (χ0v) is 15.5. The van der Waals surface area contributed by atoms with Crippen LogP contribution in [0.1, 0.15) is 0 Å². The van der Waals surface area contributed by atoms with E-state index in [1.807, 2.05) is 0 Å². The maximum absolute atomic E-state index is 11.7. The predicted molar refractivity (Wildman–Crippen MR) is 98.6 cm³/mol. The van der Waals surface area contributed by atoms with Gasteiger partial charge >= 0.3 is 11.8 Å². The Balaban J connectivity index is 1.79. The minimum Gasteiger partial charge on any atom is -0.339 e. The van der Waals surface area contributed by atoms with Crippen LogP contribution in [-0.4, -0.2) is 24.3 Å². The van der Waals surface area contributed by atoms with Crippen molar-refractivity contribution in [3.05, 3.63) is 57.5 Å². The van der Waals surface area contributed by atoms with Gasteiger partial charge in [-0.2, -0.15) is 0 Å². The van der Waals surface area contributed by atoms with Crippen molar-refractivity contribution < 1.29 is 14.4 Å². The molecule has 3 N–H and O–H groups in total. The van der Waals surface area contributed by atoms with Crippen molar-refractivity contribution >= 4 is 61.0 Å². The molecule has 2 aromatic carbocycles. The Morgan fingerprint density at radius 3 is 1.67 bits per heavy atom. The van der Waals surface area contributed by atoms with E-state index in [-0.39, 0.29) is 6.54 Å². The van der Waals surface area contributed by atoms with Crippen LogP contribution in [0.3, 0.4) is 0 Å². The highest BCUT2D eigenvalue weighted by atomic mass is 79.9. The maximum atomic E-state index is 11.7. The third-order valence-electron chi connectivity index (χ3n) is 2.85. The SMILES string of the molecule is O=C(CNC(=O)C(=O)Nc1ccc(Br)cc1)Nc1ccc(Br)cc1. The van der Waals surface area contributed by atoms with Crippen molar-refractivity contribution in [3.63, 3.8) is 0 Å². The van der Waals surface area contributed by atoms with Crippen LogP contribution in [-0.2, 0) is 14.4 Å². The molecule has 2 rings (SSSR count). The van der Waals surface area contributed by atoms with Crippen molar-refractivity contribution in [1.29, 1.82) is 0 Å². The number of anilines is 2. The van der Waals surface area contributed by atoms with E-state index in [4.69, 9.17) is 0 Å². The topological polar surface area (TPSA) is 87.3 Å². The summed E-state index contributed by atoms with van der Waals surface area (Å²) in [4.78, 5) is 35.2. The van der Waals surface area contributed by atoms with Crippen molar-refractivity contribution in [3.8, 4) is 0 Å². The molecule has 0 unspecified atom stereocenters. The van der Waals surface area contributed by atoms with Gasteiger partial charge in [-0.05, 0) is 48.5 Å². The Kier molecular flexibility index (Phi) is 6.51. The van der Waals surface area contributed by atoms with Crippen molar-refractivity contribution in [1.82, 2.24) is 5.32 Å². The summed E-state index contributed by atoms with van der Waals surface area (Å²) in [7, 11) is 0. The summed E-state index contributed by atoms with van der Waals surface area (Å²) in [5.74, 6) is -2.15. The first-order valence-electron chi connectivity index (χ1n) is 6.84. The third kappa shape index (κ3) is 5.78. The lowest BCUT2D eigenvalue weighted by Gasteiger charge is -2.08. The van der Waals surface area contributed by atoms with Gasteiger partial charge in [-0.15, -0.1) is 0 Å². The number of halogens is 2. The van der Waals surface area contributed by atoms with E-state index in [2.05, 4.69) is 47.8 Å². The molecule has 0 aliphatic rings. The Hall–Kier alpha value is -2.19. The molecular weight excluding hydrogens is 442 g/mol. The quantitative estimate of drug-likeness (QED) is 0.620. The normalized spacial score (nSPS) is 9.92. The standard InChI is InChI=1S/C16H13Br2N3O3/c17-10-1-5-12(6-2-10)20-14(22)9-19-15(23)16(24)21-13-7-3-11(18)4-8-13/h1-8H,9H2,(H,19,23)(H,20,22)(H,21,24). The number of carbonyl (C=O) groups is 3. The second-order valence-electron chi connectivity index (χ2n) is 4.70. The van der Waals surface area contributed by atoms with Crippen LogP contribution >= 0.6 is 31.9 Å². The Bertz CT molecular complexity index is 746. The summed E-state index contributed by atoms with van der Waals surface area (Å²) in [5, 5.41) is 7.31. The van der Waals surface area contributed by atoms with Crippen LogP contribution in [0.15, 0.2) is 57.5 Å². The largest absolute Gasteiger partial charge is 0.339 e. The molecule has 0 aliphatic heterocycles. The summed E-state index contributed by atoms with van der Waals surface area (Å²) in [5.41, 5.74) is 1.08. The highest BCUT2D eigenvalue weighted by Gasteiger charge is 2.14. The molecule has 3 amide bonds. The van der Waals surface area contributed by atoms with E-state index in [0.717, 1.165) is 8.95 Å². The minimum atomic E-state index is -0.885. The molecule has 0 fully saturated rings. The van der Waals surface area contributed by atoms with E-state index in [9.17, 15) is 14.4 Å². The minimum absolute atomic E-state index is 0.303. The van der Waals surface area contributed by atoms with Crippen molar-refractivity contribution in [2.24, 2.45) is 0 Å². The van der Waals surface area contributed by atoms with Gasteiger partial charge in [-0.25, -0.2) is 0 Å². The van der Waals surface area contributed by atoms with Gasteiger partial charge in [0.05, 0.1) is 6.54 Å². The van der Waals surface area contributed by atoms with E-state index in [1.165, 1.54) is 0 Å². The van der Waals surface area contributed by atoms with Gasteiger partial charge in [-0.1, -0.05) is 31.9 Å². The highest BCUT2D eigenvalue weighted by molar-refractivity contribution is 9.10. The molecule has 0 spiro atoms. The lowest BCUT2D eigenvalue weighted by molar-refractivity contribution is -0.136. The first-order chi connectivity index (χ1) is 11.4. The van der Waals surface area contributed by atoms with E-state index < -0.39 is 17.7 Å². The van der Waals surface area contributed by atoms with Crippen LogP contribution in [0, 0.1) is 0 Å². The summed E-state index contributed by atoms with van der Waals surface area (Å²) >= 11 is 6.57. The molecule has 2 aromatic rings. The molecule has 124 valence electrons. The average Bonchev–Trinajstić information content (AvgIpc) is 2.57. The smallest absolute Gasteiger partial charge is 0.313 e.